The van der Waals surface area contributed by atoms with Gasteiger partial charge in [-0.25, -0.2) is 17.5 Å². The molecule has 102 valence electrons. The molecule has 1 rings (SSSR count). The number of halogens is 1. The van der Waals surface area contributed by atoms with Crippen LogP contribution in [0, 0.1) is 5.82 Å². The van der Waals surface area contributed by atoms with Crippen molar-refractivity contribution in [2.24, 2.45) is 0 Å². The Morgan fingerprint density at radius 1 is 1.28 bits per heavy atom. The summed E-state index contributed by atoms with van der Waals surface area (Å²) in [5.74, 6) is -0.450. The minimum Gasteiger partial charge on any atom is -0.303 e. The van der Waals surface area contributed by atoms with Crippen LogP contribution in [0.25, 0.3) is 0 Å². The Morgan fingerprint density at radius 3 is 2.33 bits per heavy atom. The number of nitrogens with zero attached hydrogens (tertiary/aromatic N) is 1. The Labute approximate surface area is 108 Å². The molecule has 0 radical (unpaired) electrons. The number of benzene rings is 1. The molecule has 0 bridgehead atoms. The number of nitrogens with one attached hydrogen (secondary N) is 1. The molecule has 0 aliphatic rings. The van der Waals surface area contributed by atoms with Gasteiger partial charge in [-0.1, -0.05) is 0 Å². The van der Waals surface area contributed by atoms with Crippen molar-refractivity contribution in [3.05, 3.63) is 30.1 Å². The summed E-state index contributed by atoms with van der Waals surface area (Å²) in [5, 5.41) is 0. The average Bonchev–Trinajstić information content (AvgIpc) is 2.29. The second-order valence-corrected chi connectivity index (χ2v) is 6.19. The Morgan fingerprint density at radius 2 is 1.83 bits per heavy atom. The van der Waals surface area contributed by atoms with Gasteiger partial charge in [0.1, 0.15) is 5.82 Å². The summed E-state index contributed by atoms with van der Waals surface area (Å²) in [5.41, 5.74) is 0. The maximum atomic E-state index is 12.7. The Hall–Kier alpha value is -0.980. The number of hydrogen-bond donors (Lipinski definition) is 1. The van der Waals surface area contributed by atoms with Crippen LogP contribution in [0.2, 0.25) is 0 Å². The van der Waals surface area contributed by atoms with E-state index < -0.39 is 15.8 Å². The first-order valence-corrected chi connectivity index (χ1v) is 7.26. The van der Waals surface area contributed by atoms with E-state index in [2.05, 4.69) is 4.72 Å². The van der Waals surface area contributed by atoms with Crippen molar-refractivity contribution in [1.82, 2.24) is 9.62 Å². The first kappa shape index (κ1) is 15.1. The van der Waals surface area contributed by atoms with Gasteiger partial charge >= 0.3 is 0 Å². The highest BCUT2D eigenvalue weighted by Crippen LogP contribution is 2.09. The molecule has 0 heterocycles. The largest absolute Gasteiger partial charge is 0.303 e. The fourth-order valence-corrected chi connectivity index (χ4v) is 2.33. The summed E-state index contributed by atoms with van der Waals surface area (Å²) in [6.45, 7) is 5.02. The molecular formula is C12H19FN2O2S. The van der Waals surface area contributed by atoms with Gasteiger partial charge in [-0.15, -0.1) is 0 Å². The highest BCUT2D eigenvalue weighted by Gasteiger charge is 2.13. The van der Waals surface area contributed by atoms with Crippen LogP contribution < -0.4 is 4.72 Å². The molecule has 1 aromatic carbocycles. The Kier molecular flexibility index (Phi) is 5.25. The van der Waals surface area contributed by atoms with Gasteiger partial charge in [-0.05, 0) is 45.2 Å². The molecule has 0 aromatic heterocycles. The molecule has 0 aliphatic carbocycles. The molecule has 0 spiro atoms. The SMILES string of the molecule is CC(C)N(C)CCNS(=O)(=O)c1ccc(F)cc1. The highest BCUT2D eigenvalue weighted by molar-refractivity contribution is 7.89. The number of sulfonamides is 1. The third kappa shape index (κ3) is 4.36. The quantitative estimate of drug-likeness (QED) is 0.854. The van der Waals surface area contributed by atoms with Crippen molar-refractivity contribution in [1.29, 1.82) is 0 Å². The van der Waals surface area contributed by atoms with Gasteiger partial charge in [0.2, 0.25) is 10.0 Å². The summed E-state index contributed by atoms with van der Waals surface area (Å²) >= 11 is 0. The topological polar surface area (TPSA) is 49.4 Å². The smallest absolute Gasteiger partial charge is 0.240 e. The Bertz CT molecular complexity index is 471. The molecule has 0 saturated heterocycles. The molecule has 18 heavy (non-hydrogen) atoms. The third-order valence-electron chi connectivity index (χ3n) is 2.76. The van der Waals surface area contributed by atoms with E-state index in [1.807, 2.05) is 25.8 Å². The minimum atomic E-state index is -3.54. The number of rotatable bonds is 6. The van der Waals surface area contributed by atoms with Crippen LogP contribution in [-0.2, 0) is 10.0 Å². The molecule has 0 unspecified atom stereocenters. The first-order valence-electron chi connectivity index (χ1n) is 5.78. The first-order chi connectivity index (χ1) is 8.33. The third-order valence-corrected chi connectivity index (χ3v) is 4.24. The van der Waals surface area contributed by atoms with Crippen molar-refractivity contribution in [3.8, 4) is 0 Å². The van der Waals surface area contributed by atoms with Crippen molar-refractivity contribution in [2.75, 3.05) is 20.1 Å². The summed E-state index contributed by atoms with van der Waals surface area (Å²) in [4.78, 5) is 2.11. The maximum absolute atomic E-state index is 12.7. The van der Waals surface area contributed by atoms with Crippen molar-refractivity contribution in [3.63, 3.8) is 0 Å². The van der Waals surface area contributed by atoms with E-state index in [0.29, 0.717) is 19.1 Å². The lowest BCUT2D eigenvalue weighted by Crippen LogP contribution is -2.36. The second kappa shape index (κ2) is 6.26. The van der Waals surface area contributed by atoms with Crippen LogP contribution in [0.3, 0.4) is 0 Å². The lowest BCUT2D eigenvalue weighted by molar-refractivity contribution is 0.278. The Balaban J connectivity index is 2.58. The molecule has 0 amide bonds. The lowest BCUT2D eigenvalue weighted by atomic mass is 10.3. The van der Waals surface area contributed by atoms with Gasteiger partial charge in [0, 0.05) is 19.1 Å². The van der Waals surface area contributed by atoms with E-state index in [4.69, 9.17) is 0 Å². The van der Waals surface area contributed by atoms with E-state index in [-0.39, 0.29) is 4.90 Å². The number of likely N-dealkylation sites (N-methyl/N-ethyl adjacent to an activating group) is 1. The molecule has 6 heteroatoms. The second-order valence-electron chi connectivity index (χ2n) is 4.43. The minimum absolute atomic E-state index is 0.0797. The van der Waals surface area contributed by atoms with Crippen LogP contribution in [-0.4, -0.2) is 39.5 Å². The summed E-state index contributed by atoms with van der Waals surface area (Å²) < 4.78 is 38.9. The predicted molar refractivity (Wildman–Crippen MR) is 69.4 cm³/mol. The van der Waals surface area contributed by atoms with Crippen LogP contribution in [0.15, 0.2) is 29.2 Å². The van der Waals surface area contributed by atoms with Crippen LogP contribution in [0.4, 0.5) is 4.39 Å². The van der Waals surface area contributed by atoms with E-state index in [9.17, 15) is 12.8 Å². The zero-order chi connectivity index (χ0) is 13.8. The van der Waals surface area contributed by atoms with Gasteiger partial charge in [0.25, 0.3) is 0 Å². The maximum Gasteiger partial charge on any atom is 0.240 e. The fourth-order valence-electron chi connectivity index (χ4n) is 1.31. The average molecular weight is 274 g/mol. The molecule has 1 N–H and O–H groups in total. The van der Waals surface area contributed by atoms with Gasteiger partial charge < -0.3 is 4.90 Å². The van der Waals surface area contributed by atoms with Crippen LogP contribution in [0.1, 0.15) is 13.8 Å². The van der Waals surface area contributed by atoms with Gasteiger partial charge in [-0.2, -0.15) is 0 Å². The molecule has 4 nitrogen and oxygen atoms in total. The fraction of sp³-hybridized carbons (Fsp3) is 0.500. The van der Waals surface area contributed by atoms with E-state index >= 15 is 0 Å². The summed E-state index contributed by atoms with van der Waals surface area (Å²) in [6.07, 6.45) is 0. The monoisotopic (exact) mass is 274 g/mol. The van der Waals surface area contributed by atoms with Gasteiger partial charge in [-0.3, -0.25) is 0 Å². The van der Waals surface area contributed by atoms with Crippen molar-refractivity contribution < 1.29 is 12.8 Å². The lowest BCUT2D eigenvalue weighted by Gasteiger charge is -2.20. The predicted octanol–water partition coefficient (Wildman–Crippen LogP) is 1.44. The van der Waals surface area contributed by atoms with Crippen molar-refractivity contribution in [2.45, 2.75) is 24.8 Å². The van der Waals surface area contributed by atoms with Crippen LogP contribution >= 0.6 is 0 Å². The summed E-state index contributed by atoms with van der Waals surface area (Å²) in [7, 11) is -1.61. The van der Waals surface area contributed by atoms with Gasteiger partial charge in [0.05, 0.1) is 4.90 Å². The van der Waals surface area contributed by atoms with E-state index in [1.165, 1.54) is 12.1 Å². The van der Waals surface area contributed by atoms with E-state index in [1.54, 1.807) is 0 Å². The molecule has 0 aliphatic heterocycles. The van der Waals surface area contributed by atoms with Crippen molar-refractivity contribution >= 4 is 10.0 Å². The molecule has 1 aromatic rings. The highest BCUT2D eigenvalue weighted by atomic mass is 32.2. The molecule has 0 fully saturated rings. The normalized spacial score (nSPS) is 12.3. The standard InChI is InChI=1S/C12H19FN2O2S/c1-10(2)15(3)9-8-14-18(16,17)12-6-4-11(13)5-7-12/h4-7,10,14H,8-9H2,1-3H3. The van der Waals surface area contributed by atoms with E-state index in [0.717, 1.165) is 12.1 Å². The molecule has 0 saturated carbocycles. The molecular weight excluding hydrogens is 255 g/mol. The zero-order valence-electron chi connectivity index (χ0n) is 10.9. The van der Waals surface area contributed by atoms with Crippen LogP contribution in [0.5, 0.6) is 0 Å². The number of hydrogen-bond acceptors (Lipinski definition) is 3. The zero-order valence-corrected chi connectivity index (χ0v) is 11.7. The van der Waals surface area contributed by atoms with Gasteiger partial charge in [0.15, 0.2) is 0 Å². The molecule has 0 atom stereocenters. The summed E-state index contributed by atoms with van der Waals surface area (Å²) in [6, 6.07) is 5.14.